The first-order valence-corrected chi connectivity index (χ1v) is 5.62. The van der Waals surface area contributed by atoms with Crippen molar-refractivity contribution in [1.82, 2.24) is 0 Å². The normalized spacial score (nSPS) is 14.4. The first-order chi connectivity index (χ1) is 6.65. The quantitative estimate of drug-likeness (QED) is 0.755. The Morgan fingerprint density at radius 3 is 2.93 bits per heavy atom. The zero-order chi connectivity index (χ0) is 10.1. The van der Waals surface area contributed by atoms with Crippen molar-refractivity contribution in [3.05, 3.63) is 23.8 Å². The zero-order valence-corrected chi connectivity index (χ0v) is 9.15. The van der Waals surface area contributed by atoms with Crippen LogP contribution in [-0.2, 0) is 11.2 Å². The smallest absolute Gasteiger partial charge is 0.228 e. The minimum atomic E-state index is 0.103. The van der Waals surface area contributed by atoms with E-state index in [4.69, 9.17) is 0 Å². The van der Waals surface area contributed by atoms with Crippen LogP contribution in [0.5, 0.6) is 0 Å². The number of hydrogen-bond acceptors (Lipinski definition) is 2. The molecule has 1 heterocycles. The van der Waals surface area contributed by atoms with Crippen molar-refractivity contribution in [3.63, 3.8) is 0 Å². The van der Waals surface area contributed by atoms with Crippen molar-refractivity contribution in [3.8, 4) is 0 Å². The molecule has 1 N–H and O–H groups in total. The third-order valence-electron chi connectivity index (χ3n) is 2.08. The van der Waals surface area contributed by atoms with Gasteiger partial charge in [-0.25, -0.2) is 0 Å². The SMILES string of the molecule is CC(C)Sc1ccc2c(c1)NC(=O)C2. The first kappa shape index (κ1) is 9.59. The van der Waals surface area contributed by atoms with E-state index in [0.29, 0.717) is 11.7 Å². The highest BCUT2D eigenvalue weighted by Gasteiger charge is 2.17. The van der Waals surface area contributed by atoms with E-state index in [1.54, 1.807) is 0 Å². The molecule has 0 bridgehead atoms. The summed E-state index contributed by atoms with van der Waals surface area (Å²) >= 11 is 1.81. The average molecular weight is 207 g/mol. The molecule has 0 aliphatic carbocycles. The molecular weight excluding hydrogens is 194 g/mol. The van der Waals surface area contributed by atoms with Crippen LogP contribution in [0.1, 0.15) is 19.4 Å². The second-order valence-electron chi connectivity index (χ2n) is 3.71. The highest BCUT2D eigenvalue weighted by molar-refractivity contribution is 7.99. The van der Waals surface area contributed by atoms with Crippen molar-refractivity contribution in [2.75, 3.05) is 5.32 Å². The lowest BCUT2D eigenvalue weighted by atomic mass is 10.2. The predicted molar refractivity (Wildman–Crippen MR) is 59.8 cm³/mol. The highest BCUT2D eigenvalue weighted by atomic mass is 32.2. The Morgan fingerprint density at radius 1 is 1.43 bits per heavy atom. The molecule has 14 heavy (non-hydrogen) atoms. The summed E-state index contributed by atoms with van der Waals surface area (Å²) in [6, 6.07) is 6.19. The Hall–Kier alpha value is -0.960. The lowest BCUT2D eigenvalue weighted by molar-refractivity contribution is -0.115. The number of fused-ring (bicyclic) bond motifs is 1. The molecule has 0 aromatic heterocycles. The van der Waals surface area contributed by atoms with E-state index >= 15 is 0 Å². The maximum atomic E-state index is 11.1. The maximum absolute atomic E-state index is 11.1. The molecular formula is C11H13NOS. The van der Waals surface area contributed by atoms with E-state index in [1.165, 1.54) is 4.90 Å². The van der Waals surface area contributed by atoms with Crippen molar-refractivity contribution < 1.29 is 4.79 Å². The molecule has 1 aliphatic rings. The van der Waals surface area contributed by atoms with E-state index in [9.17, 15) is 4.79 Å². The number of thioether (sulfide) groups is 1. The Labute approximate surface area is 88.1 Å². The summed E-state index contributed by atoms with van der Waals surface area (Å²) in [5.74, 6) is 0.103. The molecule has 0 atom stereocenters. The van der Waals surface area contributed by atoms with E-state index < -0.39 is 0 Å². The van der Waals surface area contributed by atoms with Gasteiger partial charge < -0.3 is 5.32 Å². The number of benzene rings is 1. The van der Waals surface area contributed by atoms with Gasteiger partial charge in [0.25, 0.3) is 0 Å². The Bertz CT molecular complexity index is 374. The monoisotopic (exact) mass is 207 g/mol. The van der Waals surface area contributed by atoms with Crippen LogP contribution in [0, 0.1) is 0 Å². The van der Waals surface area contributed by atoms with Gasteiger partial charge in [0.2, 0.25) is 5.91 Å². The molecule has 74 valence electrons. The van der Waals surface area contributed by atoms with Crippen LogP contribution in [0.15, 0.2) is 23.1 Å². The Kier molecular flexibility index (Phi) is 2.50. The van der Waals surface area contributed by atoms with Gasteiger partial charge in [-0.1, -0.05) is 19.9 Å². The van der Waals surface area contributed by atoms with Gasteiger partial charge in [-0.2, -0.15) is 0 Å². The van der Waals surface area contributed by atoms with Crippen molar-refractivity contribution in [2.24, 2.45) is 0 Å². The topological polar surface area (TPSA) is 29.1 Å². The van der Waals surface area contributed by atoms with Gasteiger partial charge in [-0.05, 0) is 17.7 Å². The van der Waals surface area contributed by atoms with Crippen molar-refractivity contribution >= 4 is 23.4 Å². The molecule has 2 rings (SSSR count). The minimum Gasteiger partial charge on any atom is -0.325 e. The molecule has 2 nitrogen and oxygen atoms in total. The second kappa shape index (κ2) is 3.65. The van der Waals surface area contributed by atoms with Gasteiger partial charge in [-0.3, -0.25) is 4.79 Å². The molecule has 1 amide bonds. The summed E-state index contributed by atoms with van der Waals surface area (Å²) in [5, 5.41) is 3.43. The van der Waals surface area contributed by atoms with Crippen LogP contribution >= 0.6 is 11.8 Å². The minimum absolute atomic E-state index is 0.103. The summed E-state index contributed by atoms with van der Waals surface area (Å²) < 4.78 is 0. The van der Waals surface area contributed by atoms with Gasteiger partial charge in [0.1, 0.15) is 0 Å². The van der Waals surface area contributed by atoms with E-state index in [1.807, 2.05) is 17.8 Å². The van der Waals surface area contributed by atoms with Crippen LogP contribution in [0.3, 0.4) is 0 Å². The number of carbonyl (C=O) groups excluding carboxylic acids is 1. The molecule has 0 fully saturated rings. The molecule has 0 spiro atoms. The van der Waals surface area contributed by atoms with E-state index in [-0.39, 0.29) is 5.91 Å². The molecule has 0 unspecified atom stereocenters. The van der Waals surface area contributed by atoms with E-state index in [0.717, 1.165) is 11.3 Å². The maximum Gasteiger partial charge on any atom is 0.228 e. The Balaban J connectivity index is 2.24. The van der Waals surface area contributed by atoms with Gasteiger partial charge in [-0.15, -0.1) is 11.8 Å². The van der Waals surface area contributed by atoms with Crippen LogP contribution in [0.4, 0.5) is 5.69 Å². The van der Waals surface area contributed by atoms with Crippen LogP contribution in [-0.4, -0.2) is 11.2 Å². The molecule has 3 heteroatoms. The molecule has 0 saturated carbocycles. The molecule has 1 aliphatic heterocycles. The molecule has 0 radical (unpaired) electrons. The number of carbonyl (C=O) groups is 1. The van der Waals surface area contributed by atoms with Gasteiger partial charge >= 0.3 is 0 Å². The third kappa shape index (κ3) is 1.93. The third-order valence-corrected chi connectivity index (χ3v) is 3.08. The lowest BCUT2D eigenvalue weighted by Crippen LogP contribution is -2.03. The van der Waals surface area contributed by atoms with Crippen molar-refractivity contribution in [2.45, 2.75) is 30.4 Å². The van der Waals surface area contributed by atoms with Gasteiger partial charge in [0.15, 0.2) is 0 Å². The summed E-state index contributed by atoms with van der Waals surface area (Å²) in [5.41, 5.74) is 2.10. The molecule has 1 aromatic rings. The van der Waals surface area contributed by atoms with Crippen LogP contribution < -0.4 is 5.32 Å². The largest absolute Gasteiger partial charge is 0.325 e. The molecule has 0 saturated heterocycles. The summed E-state index contributed by atoms with van der Waals surface area (Å²) in [7, 11) is 0. The second-order valence-corrected chi connectivity index (χ2v) is 5.36. The first-order valence-electron chi connectivity index (χ1n) is 4.74. The number of amides is 1. The zero-order valence-electron chi connectivity index (χ0n) is 8.33. The summed E-state index contributed by atoms with van der Waals surface area (Å²) in [6.07, 6.45) is 0.530. The molecule has 1 aromatic carbocycles. The fraction of sp³-hybridized carbons (Fsp3) is 0.364. The van der Waals surface area contributed by atoms with E-state index in [2.05, 4.69) is 31.3 Å². The van der Waals surface area contributed by atoms with Gasteiger partial charge in [0.05, 0.1) is 6.42 Å². The summed E-state index contributed by atoms with van der Waals surface area (Å²) in [4.78, 5) is 12.3. The fourth-order valence-electron chi connectivity index (χ4n) is 1.54. The fourth-order valence-corrected chi connectivity index (χ4v) is 2.42. The standard InChI is InChI=1S/C11H13NOS/c1-7(2)14-9-4-3-8-5-11(13)12-10(8)6-9/h3-4,6-7H,5H2,1-2H3,(H,12,13). The average Bonchev–Trinajstić information content (AvgIpc) is 2.42. The number of nitrogens with one attached hydrogen (secondary N) is 1. The Morgan fingerprint density at radius 2 is 2.21 bits per heavy atom. The highest BCUT2D eigenvalue weighted by Crippen LogP contribution is 2.30. The van der Waals surface area contributed by atoms with Crippen molar-refractivity contribution in [1.29, 1.82) is 0 Å². The lowest BCUT2D eigenvalue weighted by Gasteiger charge is -2.06. The predicted octanol–water partition coefficient (Wildman–Crippen LogP) is 2.68. The van der Waals surface area contributed by atoms with Gasteiger partial charge in [0, 0.05) is 15.8 Å². The number of rotatable bonds is 2. The van der Waals surface area contributed by atoms with Crippen LogP contribution in [0.25, 0.3) is 0 Å². The number of anilines is 1. The summed E-state index contributed by atoms with van der Waals surface area (Å²) in [6.45, 7) is 4.33. The van der Waals surface area contributed by atoms with Crippen LogP contribution in [0.2, 0.25) is 0 Å². The number of hydrogen-bond donors (Lipinski definition) is 1.